The van der Waals surface area contributed by atoms with Crippen LogP contribution < -0.4 is 5.43 Å². The topological polar surface area (TPSA) is 41.5 Å². The average molecular weight is 363 g/mol. The molecule has 118 valence electrons. The first-order valence-electron chi connectivity index (χ1n) is 7.19. The van der Waals surface area contributed by atoms with Crippen LogP contribution in [0.5, 0.6) is 0 Å². The summed E-state index contributed by atoms with van der Waals surface area (Å²) in [6, 6.07) is 9.95. The van der Waals surface area contributed by atoms with E-state index in [1.807, 2.05) is 49.6 Å². The molecule has 2 aromatic heterocycles. The second-order valence-electron chi connectivity index (χ2n) is 5.08. The Morgan fingerprint density at radius 2 is 2.17 bits per heavy atom. The molecule has 3 aromatic rings. The van der Waals surface area contributed by atoms with E-state index in [4.69, 9.17) is 11.6 Å². The van der Waals surface area contributed by atoms with Gasteiger partial charge < -0.3 is 0 Å². The molecular weight excluding hydrogens is 348 g/mol. The summed E-state index contributed by atoms with van der Waals surface area (Å²) < 4.78 is 1.01. The van der Waals surface area contributed by atoms with Gasteiger partial charge in [-0.1, -0.05) is 36.7 Å². The van der Waals surface area contributed by atoms with Crippen LogP contribution in [0.2, 0.25) is 5.02 Å². The minimum Gasteiger partial charge on any atom is -0.266 e. The number of rotatable bonds is 4. The number of hydrogen-bond acceptors (Lipinski definition) is 4. The van der Waals surface area contributed by atoms with Crippen LogP contribution in [-0.4, -0.2) is 11.6 Å². The largest absolute Gasteiger partial charge is 0.283 e. The van der Waals surface area contributed by atoms with Crippen LogP contribution in [0.3, 0.4) is 0 Å². The molecule has 3 nitrogen and oxygen atoms in total. The van der Waals surface area contributed by atoms with E-state index in [0.29, 0.717) is 9.90 Å². The second-order valence-corrected chi connectivity index (χ2v) is 7.45. The number of halogens is 1. The SMILES string of the molecule is CC/C(=N\NC(=O)c1sc2cc(C)ccc2c1Cl)c1cccs1. The van der Waals surface area contributed by atoms with Gasteiger partial charge in [0.15, 0.2) is 0 Å². The first-order chi connectivity index (χ1) is 11.1. The van der Waals surface area contributed by atoms with Crippen LogP contribution in [0.15, 0.2) is 40.8 Å². The van der Waals surface area contributed by atoms with E-state index in [2.05, 4.69) is 10.5 Å². The maximum atomic E-state index is 12.4. The van der Waals surface area contributed by atoms with Gasteiger partial charge in [-0.2, -0.15) is 5.10 Å². The van der Waals surface area contributed by atoms with Crippen LogP contribution in [0, 0.1) is 6.92 Å². The molecule has 23 heavy (non-hydrogen) atoms. The van der Waals surface area contributed by atoms with Gasteiger partial charge in [-0.3, -0.25) is 4.79 Å². The minimum atomic E-state index is -0.267. The van der Waals surface area contributed by atoms with Crippen molar-refractivity contribution in [2.24, 2.45) is 5.10 Å². The van der Waals surface area contributed by atoms with Gasteiger partial charge in [0.25, 0.3) is 5.91 Å². The van der Waals surface area contributed by atoms with E-state index in [1.54, 1.807) is 11.3 Å². The number of aryl methyl sites for hydroxylation is 1. The third-order valence-electron chi connectivity index (χ3n) is 3.42. The molecule has 6 heteroatoms. The Hall–Kier alpha value is -1.69. The van der Waals surface area contributed by atoms with Gasteiger partial charge in [-0.25, -0.2) is 5.43 Å². The predicted octanol–water partition coefficient (Wildman–Crippen LogP) is 5.47. The molecule has 0 radical (unpaired) electrons. The Morgan fingerprint density at radius 1 is 1.35 bits per heavy atom. The third kappa shape index (κ3) is 3.32. The fourth-order valence-corrected chi connectivity index (χ4v) is 4.53. The standard InChI is InChI=1S/C17H15ClN2OS2/c1-3-12(13-5-4-8-22-13)19-20-17(21)16-15(18)11-7-6-10(2)9-14(11)23-16/h4-9H,3H2,1-2H3,(H,20,21)/b19-12+. The molecule has 0 bridgehead atoms. The lowest BCUT2D eigenvalue weighted by Crippen LogP contribution is -2.19. The maximum absolute atomic E-state index is 12.4. The smallest absolute Gasteiger partial charge is 0.266 e. The van der Waals surface area contributed by atoms with Gasteiger partial charge in [0.1, 0.15) is 4.88 Å². The lowest BCUT2D eigenvalue weighted by molar-refractivity contribution is 0.0959. The normalized spacial score (nSPS) is 11.9. The molecule has 0 saturated carbocycles. The summed E-state index contributed by atoms with van der Waals surface area (Å²) in [5.41, 5.74) is 4.64. The van der Waals surface area contributed by atoms with Crippen molar-refractivity contribution in [3.63, 3.8) is 0 Å². The van der Waals surface area contributed by atoms with E-state index < -0.39 is 0 Å². The molecule has 0 aliphatic carbocycles. The van der Waals surface area contributed by atoms with Crippen molar-refractivity contribution >= 4 is 56.0 Å². The van der Waals surface area contributed by atoms with Crippen LogP contribution in [0.25, 0.3) is 10.1 Å². The molecule has 3 rings (SSSR count). The van der Waals surface area contributed by atoms with Gasteiger partial charge in [-0.15, -0.1) is 22.7 Å². The molecule has 0 aliphatic heterocycles. The zero-order valence-electron chi connectivity index (χ0n) is 12.7. The van der Waals surface area contributed by atoms with E-state index in [9.17, 15) is 4.79 Å². The molecule has 0 unspecified atom stereocenters. The van der Waals surface area contributed by atoms with Crippen molar-refractivity contribution in [1.29, 1.82) is 0 Å². The summed E-state index contributed by atoms with van der Waals surface area (Å²) in [5, 5.41) is 7.66. The summed E-state index contributed by atoms with van der Waals surface area (Å²) >= 11 is 9.35. The van der Waals surface area contributed by atoms with Crippen LogP contribution >= 0.6 is 34.3 Å². The first kappa shape index (κ1) is 16.2. The number of nitrogens with one attached hydrogen (secondary N) is 1. The number of hydrazone groups is 1. The molecule has 0 aliphatic rings. The summed E-state index contributed by atoms with van der Waals surface area (Å²) in [7, 11) is 0. The van der Waals surface area contributed by atoms with Crippen molar-refractivity contribution in [1.82, 2.24) is 5.43 Å². The average Bonchev–Trinajstić information content (AvgIpc) is 3.16. The van der Waals surface area contributed by atoms with Crippen LogP contribution in [0.1, 0.15) is 33.5 Å². The molecule has 1 amide bonds. The summed E-state index contributed by atoms with van der Waals surface area (Å²) in [6.45, 7) is 4.03. The Bertz CT molecular complexity index is 882. The molecule has 1 N–H and O–H groups in total. The highest BCUT2D eigenvalue weighted by molar-refractivity contribution is 7.21. The van der Waals surface area contributed by atoms with Crippen molar-refractivity contribution in [2.45, 2.75) is 20.3 Å². The predicted molar refractivity (Wildman–Crippen MR) is 100 cm³/mol. The van der Waals surface area contributed by atoms with E-state index in [1.165, 1.54) is 11.3 Å². The second kappa shape index (κ2) is 6.83. The van der Waals surface area contributed by atoms with Gasteiger partial charge in [0.2, 0.25) is 0 Å². The van der Waals surface area contributed by atoms with Gasteiger partial charge in [-0.05, 0) is 36.4 Å². The summed E-state index contributed by atoms with van der Waals surface area (Å²) in [5.74, 6) is -0.267. The van der Waals surface area contributed by atoms with Crippen molar-refractivity contribution < 1.29 is 4.79 Å². The van der Waals surface area contributed by atoms with Gasteiger partial charge in [0, 0.05) is 10.1 Å². The Morgan fingerprint density at radius 3 is 2.87 bits per heavy atom. The third-order valence-corrected chi connectivity index (χ3v) is 6.00. The number of benzene rings is 1. The fourth-order valence-electron chi connectivity index (χ4n) is 2.24. The Balaban J connectivity index is 1.87. The number of carbonyl (C=O) groups excluding carboxylic acids is 1. The number of thiophene rings is 2. The highest BCUT2D eigenvalue weighted by atomic mass is 35.5. The number of nitrogens with zero attached hydrogens (tertiary/aromatic N) is 1. The molecular formula is C17H15ClN2OS2. The van der Waals surface area contributed by atoms with Crippen LogP contribution in [0.4, 0.5) is 0 Å². The fraction of sp³-hybridized carbons (Fsp3) is 0.176. The summed E-state index contributed by atoms with van der Waals surface area (Å²) in [6.07, 6.45) is 0.750. The van der Waals surface area contributed by atoms with E-state index in [-0.39, 0.29) is 5.91 Å². The lowest BCUT2D eigenvalue weighted by atomic mass is 10.2. The highest BCUT2D eigenvalue weighted by Gasteiger charge is 2.17. The number of fused-ring (bicyclic) bond motifs is 1. The van der Waals surface area contributed by atoms with Crippen LogP contribution in [-0.2, 0) is 0 Å². The molecule has 0 atom stereocenters. The Labute approximate surface area is 147 Å². The number of hydrogen-bond donors (Lipinski definition) is 1. The quantitative estimate of drug-likeness (QED) is 0.485. The van der Waals surface area contributed by atoms with E-state index in [0.717, 1.165) is 32.7 Å². The maximum Gasteiger partial charge on any atom is 0.283 e. The van der Waals surface area contributed by atoms with Crippen molar-refractivity contribution in [3.05, 3.63) is 56.1 Å². The molecule has 1 aromatic carbocycles. The molecule has 0 spiro atoms. The van der Waals surface area contributed by atoms with Crippen molar-refractivity contribution in [3.8, 4) is 0 Å². The Kier molecular flexibility index (Phi) is 4.80. The van der Waals surface area contributed by atoms with Crippen molar-refractivity contribution in [2.75, 3.05) is 0 Å². The molecule has 0 fully saturated rings. The minimum absolute atomic E-state index is 0.267. The molecule has 2 heterocycles. The zero-order chi connectivity index (χ0) is 16.4. The number of amides is 1. The van der Waals surface area contributed by atoms with E-state index >= 15 is 0 Å². The highest BCUT2D eigenvalue weighted by Crippen LogP contribution is 2.35. The van der Waals surface area contributed by atoms with Gasteiger partial charge in [0.05, 0.1) is 15.6 Å². The number of carbonyl (C=O) groups is 1. The first-order valence-corrected chi connectivity index (χ1v) is 9.27. The van der Waals surface area contributed by atoms with Gasteiger partial charge >= 0.3 is 0 Å². The zero-order valence-corrected chi connectivity index (χ0v) is 15.1. The monoisotopic (exact) mass is 362 g/mol. The summed E-state index contributed by atoms with van der Waals surface area (Å²) in [4.78, 5) is 14.0. The lowest BCUT2D eigenvalue weighted by Gasteiger charge is -2.02. The molecule has 0 saturated heterocycles.